The topological polar surface area (TPSA) is 25.8 Å². The number of hydrogen-bond donors (Lipinski definition) is 0. The molecule has 0 N–H and O–H groups in total. The first-order valence-electron chi connectivity index (χ1n) is 12.2. The van der Waals surface area contributed by atoms with Crippen LogP contribution in [0, 0.1) is 0 Å². The van der Waals surface area contributed by atoms with E-state index in [0.717, 1.165) is 19.7 Å². The lowest BCUT2D eigenvalue weighted by molar-refractivity contribution is 0.633. The first-order valence-corrected chi connectivity index (χ1v) is 15.6. The fourth-order valence-corrected chi connectivity index (χ4v) is 8.32. The summed E-state index contributed by atoms with van der Waals surface area (Å²) in [5, 5.41) is 6.77. The van der Waals surface area contributed by atoms with Crippen LogP contribution in [0.4, 0.5) is 0 Å². The molecule has 4 aromatic rings. The summed E-state index contributed by atoms with van der Waals surface area (Å²) in [4.78, 5) is 15.0. The smallest absolute Gasteiger partial charge is 0.155 e. The van der Waals surface area contributed by atoms with Crippen LogP contribution in [0.25, 0.3) is 29.4 Å². The first kappa shape index (κ1) is 24.1. The standard InChI is InChI=1S/C26H34N2S4/c1-3-5-7-9-11-13-19-15-17-29-21(19)23-27-25-26(31-23)28-24(32-25)22-20(16-18-30-22)14-12-10-8-6-4-2/h15-18H,3-14H2,1-2H3. The minimum atomic E-state index is 1.10. The Kier molecular flexibility index (Phi) is 9.32. The fourth-order valence-electron chi connectivity index (χ4n) is 4.11. The van der Waals surface area contributed by atoms with Crippen molar-refractivity contribution in [3.05, 3.63) is 34.0 Å². The normalized spacial score (nSPS) is 11.7. The van der Waals surface area contributed by atoms with E-state index in [1.807, 2.05) is 22.7 Å². The molecule has 4 aromatic heterocycles. The van der Waals surface area contributed by atoms with Crippen LogP contribution in [0.3, 0.4) is 0 Å². The molecular formula is C26H34N2S4. The molecule has 0 aromatic carbocycles. The van der Waals surface area contributed by atoms with Crippen LogP contribution in [0.2, 0.25) is 0 Å². The molecule has 0 aliphatic carbocycles. The highest BCUT2D eigenvalue weighted by molar-refractivity contribution is 7.31. The van der Waals surface area contributed by atoms with Gasteiger partial charge in [0.15, 0.2) is 9.66 Å². The van der Waals surface area contributed by atoms with Gasteiger partial charge in [0.25, 0.3) is 0 Å². The number of aromatic nitrogens is 2. The molecule has 32 heavy (non-hydrogen) atoms. The third kappa shape index (κ3) is 6.07. The molecule has 0 bridgehead atoms. The Morgan fingerprint density at radius 2 is 1.03 bits per heavy atom. The molecule has 0 fully saturated rings. The van der Waals surface area contributed by atoms with E-state index in [1.54, 1.807) is 22.7 Å². The lowest BCUT2D eigenvalue weighted by Gasteiger charge is -2.02. The second-order valence-corrected chi connectivity index (χ2v) is 12.3. The molecular weight excluding hydrogens is 469 g/mol. The molecule has 4 heterocycles. The van der Waals surface area contributed by atoms with Gasteiger partial charge in [-0.3, -0.25) is 0 Å². The van der Waals surface area contributed by atoms with E-state index >= 15 is 0 Å². The zero-order valence-electron chi connectivity index (χ0n) is 19.3. The van der Waals surface area contributed by atoms with Gasteiger partial charge in [-0.05, 0) is 59.7 Å². The molecule has 0 aliphatic rings. The maximum absolute atomic E-state index is 5.02. The summed E-state index contributed by atoms with van der Waals surface area (Å²) in [5.41, 5.74) is 2.94. The summed E-state index contributed by atoms with van der Waals surface area (Å²) >= 11 is 7.21. The Morgan fingerprint density at radius 3 is 1.47 bits per heavy atom. The van der Waals surface area contributed by atoms with Gasteiger partial charge >= 0.3 is 0 Å². The zero-order valence-corrected chi connectivity index (χ0v) is 22.6. The van der Waals surface area contributed by atoms with Crippen LogP contribution in [0.15, 0.2) is 22.9 Å². The van der Waals surface area contributed by atoms with Crippen molar-refractivity contribution in [1.82, 2.24) is 9.97 Å². The van der Waals surface area contributed by atoms with Gasteiger partial charge in [-0.2, -0.15) is 0 Å². The molecule has 4 rings (SSSR count). The van der Waals surface area contributed by atoms with Crippen molar-refractivity contribution >= 4 is 55.0 Å². The number of fused-ring (bicyclic) bond motifs is 1. The van der Waals surface area contributed by atoms with Crippen LogP contribution < -0.4 is 0 Å². The average Bonchev–Trinajstić information content (AvgIpc) is 3.56. The van der Waals surface area contributed by atoms with E-state index in [0.29, 0.717) is 0 Å². The van der Waals surface area contributed by atoms with E-state index < -0.39 is 0 Å². The molecule has 0 radical (unpaired) electrons. The maximum Gasteiger partial charge on any atom is 0.155 e. The molecule has 0 atom stereocenters. The monoisotopic (exact) mass is 502 g/mol. The molecule has 0 saturated carbocycles. The number of nitrogens with zero attached hydrogens (tertiary/aromatic N) is 2. The highest BCUT2D eigenvalue weighted by Gasteiger charge is 2.18. The zero-order chi connectivity index (χ0) is 22.2. The van der Waals surface area contributed by atoms with Crippen molar-refractivity contribution in [2.45, 2.75) is 90.9 Å². The van der Waals surface area contributed by atoms with Crippen LogP contribution in [0.5, 0.6) is 0 Å². The second-order valence-electron chi connectivity index (χ2n) is 8.53. The average molecular weight is 503 g/mol. The maximum atomic E-state index is 5.02. The number of thiophene rings is 2. The van der Waals surface area contributed by atoms with E-state index in [4.69, 9.17) is 9.97 Å². The predicted octanol–water partition coefficient (Wildman–Crippen LogP) is 10.2. The van der Waals surface area contributed by atoms with Crippen molar-refractivity contribution in [2.24, 2.45) is 0 Å². The number of thiazole rings is 2. The largest absolute Gasteiger partial charge is 0.222 e. The molecule has 2 nitrogen and oxygen atoms in total. The van der Waals surface area contributed by atoms with Gasteiger partial charge < -0.3 is 0 Å². The molecule has 0 unspecified atom stereocenters. The third-order valence-corrected chi connectivity index (χ3v) is 10.2. The minimum absolute atomic E-state index is 1.10. The molecule has 172 valence electrons. The van der Waals surface area contributed by atoms with Crippen molar-refractivity contribution in [2.75, 3.05) is 0 Å². The number of hydrogen-bond acceptors (Lipinski definition) is 6. The number of rotatable bonds is 14. The Balaban J connectivity index is 1.42. The van der Waals surface area contributed by atoms with Gasteiger partial charge in [0, 0.05) is 0 Å². The summed E-state index contributed by atoms with van der Waals surface area (Å²) in [6.07, 6.45) is 15.6. The van der Waals surface area contributed by atoms with E-state index in [1.165, 1.54) is 97.9 Å². The van der Waals surface area contributed by atoms with Crippen LogP contribution in [-0.4, -0.2) is 9.97 Å². The molecule has 0 spiro atoms. The van der Waals surface area contributed by atoms with Gasteiger partial charge in [-0.15, -0.1) is 22.7 Å². The fraction of sp³-hybridized carbons (Fsp3) is 0.538. The van der Waals surface area contributed by atoms with E-state index in [-0.39, 0.29) is 0 Å². The van der Waals surface area contributed by atoms with Crippen molar-refractivity contribution < 1.29 is 0 Å². The number of unbranched alkanes of at least 4 members (excludes halogenated alkanes) is 8. The Hall–Kier alpha value is -1.08. The molecule has 0 aliphatic heterocycles. The van der Waals surface area contributed by atoms with Gasteiger partial charge in [0.1, 0.15) is 10.0 Å². The highest BCUT2D eigenvalue weighted by Crippen LogP contribution is 2.41. The first-order chi connectivity index (χ1) is 15.8. The lowest BCUT2D eigenvalue weighted by atomic mass is 10.1. The Labute approximate surface area is 208 Å². The van der Waals surface area contributed by atoms with Crippen LogP contribution in [0.1, 0.15) is 89.2 Å². The summed E-state index contributed by atoms with van der Waals surface area (Å²) in [5.74, 6) is 0. The predicted molar refractivity (Wildman–Crippen MR) is 147 cm³/mol. The van der Waals surface area contributed by atoms with Gasteiger partial charge in [0.05, 0.1) is 9.75 Å². The van der Waals surface area contributed by atoms with Gasteiger partial charge in [-0.25, -0.2) is 9.97 Å². The van der Waals surface area contributed by atoms with Crippen LogP contribution in [-0.2, 0) is 12.8 Å². The Morgan fingerprint density at radius 1 is 0.594 bits per heavy atom. The Bertz CT molecular complexity index is 971. The van der Waals surface area contributed by atoms with Crippen molar-refractivity contribution in [3.8, 4) is 19.8 Å². The van der Waals surface area contributed by atoms with E-state index in [9.17, 15) is 0 Å². The minimum Gasteiger partial charge on any atom is -0.222 e. The molecule has 6 heteroatoms. The number of aryl methyl sites for hydroxylation is 2. The molecule has 0 saturated heterocycles. The van der Waals surface area contributed by atoms with Crippen LogP contribution >= 0.6 is 45.3 Å². The van der Waals surface area contributed by atoms with E-state index in [2.05, 4.69) is 36.7 Å². The summed E-state index contributed by atoms with van der Waals surface area (Å²) < 4.78 is 0. The third-order valence-electron chi connectivity index (χ3n) is 5.96. The summed E-state index contributed by atoms with van der Waals surface area (Å²) in [7, 11) is 0. The second kappa shape index (κ2) is 12.4. The quantitative estimate of drug-likeness (QED) is 0.160. The van der Waals surface area contributed by atoms with Gasteiger partial charge in [-0.1, -0.05) is 87.9 Å². The highest BCUT2D eigenvalue weighted by atomic mass is 32.1. The van der Waals surface area contributed by atoms with Crippen molar-refractivity contribution in [1.29, 1.82) is 0 Å². The lowest BCUT2D eigenvalue weighted by Crippen LogP contribution is -1.86. The molecule has 0 amide bonds. The summed E-state index contributed by atoms with van der Waals surface area (Å²) in [6, 6.07) is 4.60. The van der Waals surface area contributed by atoms with Crippen molar-refractivity contribution in [3.63, 3.8) is 0 Å². The SMILES string of the molecule is CCCCCCCc1ccsc1-c1nc2sc(-c3sccc3CCCCCCC)nc2s1. The summed E-state index contributed by atoms with van der Waals surface area (Å²) in [6.45, 7) is 4.55. The van der Waals surface area contributed by atoms with Gasteiger partial charge in [0.2, 0.25) is 0 Å².